The lowest BCUT2D eigenvalue weighted by molar-refractivity contribution is -0.142. The maximum absolute atomic E-state index is 13.1. The lowest BCUT2D eigenvalue weighted by Gasteiger charge is -2.31. The van der Waals surface area contributed by atoms with E-state index >= 15 is 0 Å². The fourth-order valence-electron chi connectivity index (χ4n) is 4.32. The predicted octanol–water partition coefficient (Wildman–Crippen LogP) is 2.82. The van der Waals surface area contributed by atoms with E-state index in [1.165, 1.54) is 0 Å². The van der Waals surface area contributed by atoms with Gasteiger partial charge in [-0.05, 0) is 55.7 Å². The van der Waals surface area contributed by atoms with E-state index < -0.39 is 24.0 Å². The number of rotatable bonds is 2. The first kappa shape index (κ1) is 22.1. The monoisotopic (exact) mass is 416 g/mol. The third-order valence-electron chi connectivity index (χ3n) is 5.99. The Morgan fingerprint density at radius 3 is 2.53 bits per heavy atom. The molecular formula is C23H32N2O5. The van der Waals surface area contributed by atoms with E-state index in [0.29, 0.717) is 18.8 Å². The van der Waals surface area contributed by atoms with E-state index in [4.69, 9.17) is 4.74 Å². The Labute approximate surface area is 177 Å². The lowest BCUT2D eigenvalue weighted by atomic mass is 9.83. The van der Waals surface area contributed by atoms with Crippen molar-refractivity contribution >= 4 is 17.8 Å². The van der Waals surface area contributed by atoms with Crippen LogP contribution in [-0.2, 0) is 20.8 Å². The fraction of sp³-hybridized carbons (Fsp3) is 0.609. The third-order valence-corrected chi connectivity index (χ3v) is 5.99. The van der Waals surface area contributed by atoms with Crippen LogP contribution in [0, 0.1) is 5.92 Å². The average molecular weight is 417 g/mol. The van der Waals surface area contributed by atoms with Crippen LogP contribution in [-0.4, -0.2) is 41.6 Å². The van der Waals surface area contributed by atoms with E-state index in [9.17, 15) is 19.5 Å². The molecule has 2 atom stereocenters. The van der Waals surface area contributed by atoms with Gasteiger partial charge in [-0.25, -0.2) is 4.79 Å². The van der Waals surface area contributed by atoms with Gasteiger partial charge in [-0.15, -0.1) is 0 Å². The summed E-state index contributed by atoms with van der Waals surface area (Å²) in [5.41, 5.74) is 0.783. The van der Waals surface area contributed by atoms with Crippen LogP contribution in [0.25, 0.3) is 0 Å². The van der Waals surface area contributed by atoms with Crippen LogP contribution < -0.4 is 15.4 Å². The zero-order valence-electron chi connectivity index (χ0n) is 17.4. The van der Waals surface area contributed by atoms with Gasteiger partial charge in [0.2, 0.25) is 11.8 Å². The third kappa shape index (κ3) is 6.47. The van der Waals surface area contributed by atoms with Crippen LogP contribution in [0.15, 0.2) is 24.3 Å². The van der Waals surface area contributed by atoms with Gasteiger partial charge in [0.05, 0.1) is 6.61 Å². The Hall–Kier alpha value is -2.57. The minimum atomic E-state index is -1.09. The molecule has 1 aliphatic carbocycles. The molecule has 30 heavy (non-hydrogen) atoms. The highest BCUT2D eigenvalue weighted by atomic mass is 16.5. The Kier molecular flexibility index (Phi) is 8.11. The smallest absolute Gasteiger partial charge is 0.326 e. The summed E-state index contributed by atoms with van der Waals surface area (Å²) in [7, 11) is 0. The molecule has 2 bridgehead atoms. The van der Waals surface area contributed by atoms with Crippen LogP contribution >= 0.6 is 0 Å². The number of ether oxygens (including phenoxy) is 1. The number of fused-ring (bicyclic) bond motifs is 2. The van der Waals surface area contributed by atoms with Gasteiger partial charge in [0.15, 0.2) is 0 Å². The maximum atomic E-state index is 13.1. The minimum absolute atomic E-state index is 0.0488. The molecule has 3 N–H and O–H groups in total. The standard InChI is InChI=1S/C23H32N2O5/c26-20-12-5-2-6-13-30-18-11-7-8-16(14-18)15-19(23(28)29)24-22(27)21(25-20)17-9-3-1-4-10-17/h7-8,11,14,17,19,21H,1-6,9-10,12-13,15H2,(H,24,27)(H,25,26)(H,28,29)/t19-,21-/m0/s1. The molecule has 7 heteroatoms. The largest absolute Gasteiger partial charge is 0.494 e. The van der Waals surface area contributed by atoms with Crippen molar-refractivity contribution in [1.29, 1.82) is 0 Å². The van der Waals surface area contributed by atoms with Crippen molar-refractivity contribution in [3.05, 3.63) is 29.8 Å². The Balaban J connectivity index is 1.81. The van der Waals surface area contributed by atoms with Gasteiger partial charge in [0, 0.05) is 12.8 Å². The quantitative estimate of drug-likeness (QED) is 0.688. The molecule has 1 aliphatic heterocycles. The van der Waals surface area contributed by atoms with Crippen molar-refractivity contribution in [2.75, 3.05) is 6.61 Å². The summed E-state index contributed by atoms with van der Waals surface area (Å²) in [6, 6.07) is 5.59. The highest BCUT2D eigenvalue weighted by Crippen LogP contribution is 2.27. The summed E-state index contributed by atoms with van der Waals surface area (Å²) < 4.78 is 5.75. The Bertz CT molecular complexity index is 745. The van der Waals surface area contributed by atoms with Crippen LogP contribution in [0.3, 0.4) is 0 Å². The summed E-state index contributed by atoms with van der Waals surface area (Å²) in [4.78, 5) is 37.4. The predicted molar refractivity (Wildman–Crippen MR) is 112 cm³/mol. The maximum Gasteiger partial charge on any atom is 0.326 e. The average Bonchev–Trinajstić information content (AvgIpc) is 2.74. The number of carbonyl (C=O) groups excluding carboxylic acids is 2. The molecule has 1 fully saturated rings. The first-order chi connectivity index (χ1) is 14.5. The van der Waals surface area contributed by atoms with Gasteiger partial charge in [0.25, 0.3) is 0 Å². The Morgan fingerprint density at radius 1 is 1.00 bits per heavy atom. The summed E-state index contributed by atoms with van der Waals surface area (Å²) in [6.07, 6.45) is 7.87. The highest BCUT2D eigenvalue weighted by Gasteiger charge is 2.33. The van der Waals surface area contributed by atoms with Gasteiger partial charge in [-0.2, -0.15) is 0 Å². The molecule has 1 saturated carbocycles. The Morgan fingerprint density at radius 2 is 1.77 bits per heavy atom. The number of hydrogen-bond acceptors (Lipinski definition) is 4. The normalized spacial score (nSPS) is 24.9. The molecule has 1 aromatic carbocycles. The molecule has 2 amide bonds. The first-order valence-corrected chi connectivity index (χ1v) is 11.1. The molecule has 7 nitrogen and oxygen atoms in total. The number of hydrogen-bond donors (Lipinski definition) is 3. The van der Waals surface area contributed by atoms with Gasteiger partial charge in [0.1, 0.15) is 17.8 Å². The van der Waals surface area contributed by atoms with Crippen molar-refractivity contribution in [3.63, 3.8) is 0 Å². The summed E-state index contributed by atoms with van der Waals surface area (Å²) in [6.45, 7) is 0.550. The minimum Gasteiger partial charge on any atom is -0.494 e. The fourth-order valence-corrected chi connectivity index (χ4v) is 4.32. The molecule has 164 valence electrons. The number of benzene rings is 1. The number of carbonyl (C=O) groups is 3. The summed E-state index contributed by atoms with van der Waals surface area (Å²) in [5, 5.41) is 15.3. The van der Waals surface area contributed by atoms with Crippen LogP contribution in [0.5, 0.6) is 5.75 Å². The van der Waals surface area contributed by atoms with Crippen molar-refractivity contribution in [3.8, 4) is 5.75 Å². The topological polar surface area (TPSA) is 105 Å². The zero-order valence-corrected chi connectivity index (χ0v) is 17.4. The van der Waals surface area contributed by atoms with Gasteiger partial charge in [-0.3, -0.25) is 9.59 Å². The number of carboxylic acid groups (broad SMARTS) is 1. The molecule has 3 rings (SSSR count). The first-order valence-electron chi connectivity index (χ1n) is 11.1. The number of amides is 2. The molecule has 0 unspecified atom stereocenters. The van der Waals surface area contributed by atoms with Gasteiger partial charge in [-0.1, -0.05) is 31.4 Å². The highest BCUT2D eigenvalue weighted by molar-refractivity contribution is 5.90. The van der Waals surface area contributed by atoms with Gasteiger partial charge >= 0.3 is 5.97 Å². The second-order valence-electron chi connectivity index (χ2n) is 8.35. The van der Waals surface area contributed by atoms with Crippen molar-refractivity contribution < 1.29 is 24.2 Å². The molecular weight excluding hydrogens is 384 g/mol. The number of carboxylic acids is 1. The van der Waals surface area contributed by atoms with Crippen LogP contribution in [0.2, 0.25) is 0 Å². The molecule has 0 saturated heterocycles. The SMILES string of the molecule is O=C1CCCCCOc2cccc(c2)C[C@@H](C(=O)O)NC(=O)[C@H](C2CCCCC2)N1. The number of aliphatic carboxylic acids is 1. The van der Waals surface area contributed by atoms with E-state index in [2.05, 4.69) is 10.6 Å². The van der Waals surface area contributed by atoms with E-state index in [-0.39, 0.29) is 18.2 Å². The molecule has 0 radical (unpaired) electrons. The molecule has 0 spiro atoms. The molecule has 1 aromatic rings. The summed E-state index contributed by atoms with van der Waals surface area (Å²) >= 11 is 0. The molecule has 2 aliphatic rings. The molecule has 0 aromatic heterocycles. The van der Waals surface area contributed by atoms with Crippen LogP contribution in [0.4, 0.5) is 0 Å². The zero-order chi connectivity index (χ0) is 21.3. The van der Waals surface area contributed by atoms with Gasteiger partial charge < -0.3 is 20.5 Å². The van der Waals surface area contributed by atoms with E-state index in [1.807, 2.05) is 24.3 Å². The molecule has 1 heterocycles. The number of nitrogens with one attached hydrogen (secondary N) is 2. The van der Waals surface area contributed by atoms with E-state index in [0.717, 1.165) is 56.9 Å². The second-order valence-corrected chi connectivity index (χ2v) is 8.35. The lowest BCUT2D eigenvalue weighted by Crippen LogP contribution is -2.55. The summed E-state index contributed by atoms with van der Waals surface area (Å²) in [5.74, 6) is -0.905. The second kappa shape index (κ2) is 11.0. The van der Waals surface area contributed by atoms with Crippen molar-refractivity contribution in [1.82, 2.24) is 10.6 Å². The van der Waals surface area contributed by atoms with Crippen molar-refractivity contribution in [2.45, 2.75) is 76.3 Å². The van der Waals surface area contributed by atoms with Crippen molar-refractivity contribution in [2.24, 2.45) is 5.92 Å². The van der Waals surface area contributed by atoms with E-state index in [1.54, 1.807) is 0 Å². The van der Waals surface area contributed by atoms with Crippen LogP contribution in [0.1, 0.15) is 63.4 Å².